The van der Waals surface area contributed by atoms with Gasteiger partial charge in [-0.05, 0) is 36.8 Å². The molecule has 2 rings (SSSR count). The molecule has 9 nitrogen and oxygen atoms in total. The number of hydrogen-bond acceptors (Lipinski definition) is 7. The van der Waals surface area contributed by atoms with E-state index in [0.29, 0.717) is 11.1 Å². The highest BCUT2D eigenvalue weighted by Crippen LogP contribution is 2.24. The maximum atomic E-state index is 12.1. The van der Waals surface area contributed by atoms with Gasteiger partial charge in [-0.15, -0.1) is 0 Å². The van der Waals surface area contributed by atoms with E-state index in [1.807, 2.05) is 4.83 Å². The molecule has 0 aliphatic carbocycles. The molecule has 3 N–H and O–H groups in total. The Balaban J connectivity index is 2.22. The Morgan fingerprint density at radius 1 is 1.17 bits per heavy atom. The van der Waals surface area contributed by atoms with E-state index in [9.17, 15) is 28.7 Å². The predicted octanol–water partition coefficient (Wildman–Crippen LogP) is 1.63. The summed E-state index contributed by atoms with van der Waals surface area (Å²) in [5, 5.41) is 32.9. The number of aromatic hydroxyl groups is 2. The molecule has 0 aliphatic rings. The van der Waals surface area contributed by atoms with Crippen LogP contribution in [0.25, 0.3) is 0 Å². The monoisotopic (exact) mass is 351 g/mol. The molecular weight excluding hydrogens is 338 g/mol. The second-order valence-electron chi connectivity index (χ2n) is 4.81. The number of nitrogens with zero attached hydrogens (tertiary/aromatic N) is 2. The average Bonchev–Trinajstić information content (AvgIpc) is 2.50. The van der Waals surface area contributed by atoms with Crippen molar-refractivity contribution in [3.05, 3.63) is 57.6 Å². The van der Waals surface area contributed by atoms with Crippen molar-refractivity contribution in [3.63, 3.8) is 0 Å². The summed E-state index contributed by atoms with van der Waals surface area (Å²) in [6, 6.07) is 7.31. The predicted molar refractivity (Wildman–Crippen MR) is 85.5 cm³/mol. The van der Waals surface area contributed by atoms with E-state index in [-0.39, 0.29) is 22.1 Å². The van der Waals surface area contributed by atoms with Gasteiger partial charge in [-0.3, -0.25) is 10.1 Å². The molecule has 0 bridgehead atoms. The highest BCUT2D eigenvalue weighted by molar-refractivity contribution is 7.89. The first-order chi connectivity index (χ1) is 11.2. The first kappa shape index (κ1) is 17.2. The van der Waals surface area contributed by atoms with Gasteiger partial charge in [-0.1, -0.05) is 6.07 Å². The number of hydrazone groups is 1. The third kappa shape index (κ3) is 3.79. The Hall–Kier alpha value is -3.14. The van der Waals surface area contributed by atoms with Crippen LogP contribution in [0.2, 0.25) is 0 Å². The molecule has 0 atom stereocenters. The molecule has 24 heavy (non-hydrogen) atoms. The maximum absolute atomic E-state index is 12.1. The van der Waals surface area contributed by atoms with Crippen molar-refractivity contribution in [3.8, 4) is 11.5 Å². The SMILES string of the molecule is Cc1ccc(S(=O)(=O)N/N=C/c2ccc(O)c(O)c2)cc1[N+](=O)[O-]. The van der Waals surface area contributed by atoms with E-state index < -0.39 is 14.9 Å². The second kappa shape index (κ2) is 6.54. The molecule has 0 aliphatic heterocycles. The summed E-state index contributed by atoms with van der Waals surface area (Å²) >= 11 is 0. The Bertz CT molecular complexity index is 924. The van der Waals surface area contributed by atoms with Gasteiger partial charge in [0.15, 0.2) is 11.5 Å². The van der Waals surface area contributed by atoms with Crippen molar-refractivity contribution in [1.82, 2.24) is 4.83 Å². The molecule has 2 aromatic rings. The zero-order chi connectivity index (χ0) is 17.9. The van der Waals surface area contributed by atoms with Gasteiger partial charge in [0.25, 0.3) is 15.7 Å². The van der Waals surface area contributed by atoms with Gasteiger partial charge in [0.1, 0.15) is 0 Å². The second-order valence-corrected chi connectivity index (χ2v) is 6.47. The van der Waals surface area contributed by atoms with Crippen LogP contribution in [0.4, 0.5) is 5.69 Å². The summed E-state index contributed by atoms with van der Waals surface area (Å²) in [6.45, 7) is 1.50. The minimum Gasteiger partial charge on any atom is -0.504 e. The highest BCUT2D eigenvalue weighted by Gasteiger charge is 2.19. The minimum absolute atomic E-state index is 0.300. The molecule has 0 spiro atoms. The quantitative estimate of drug-likeness (QED) is 0.323. The van der Waals surface area contributed by atoms with E-state index in [4.69, 9.17) is 0 Å². The number of phenolic OH excluding ortho intramolecular Hbond substituents is 2. The zero-order valence-corrected chi connectivity index (χ0v) is 13.2. The van der Waals surface area contributed by atoms with Crippen LogP contribution < -0.4 is 4.83 Å². The van der Waals surface area contributed by atoms with Gasteiger partial charge in [-0.25, -0.2) is 4.83 Å². The number of phenols is 2. The van der Waals surface area contributed by atoms with Crippen molar-refractivity contribution in [1.29, 1.82) is 0 Å². The van der Waals surface area contributed by atoms with Crippen molar-refractivity contribution in [2.75, 3.05) is 0 Å². The van der Waals surface area contributed by atoms with Crippen LogP contribution in [0.5, 0.6) is 11.5 Å². The summed E-state index contributed by atoms with van der Waals surface area (Å²) in [5.41, 5.74) is 0.357. The minimum atomic E-state index is -4.09. The molecule has 10 heteroatoms. The van der Waals surface area contributed by atoms with Gasteiger partial charge in [0, 0.05) is 11.6 Å². The summed E-state index contributed by atoms with van der Waals surface area (Å²) in [7, 11) is -4.09. The molecular formula is C14H13N3O6S. The van der Waals surface area contributed by atoms with Crippen molar-refractivity contribution < 1.29 is 23.6 Å². The van der Waals surface area contributed by atoms with Gasteiger partial charge in [-0.2, -0.15) is 13.5 Å². The van der Waals surface area contributed by atoms with Crippen LogP contribution >= 0.6 is 0 Å². The number of hydrogen-bond donors (Lipinski definition) is 3. The van der Waals surface area contributed by atoms with E-state index >= 15 is 0 Å². The third-order valence-corrected chi connectivity index (χ3v) is 4.29. The van der Waals surface area contributed by atoms with E-state index in [0.717, 1.165) is 12.3 Å². The van der Waals surface area contributed by atoms with Crippen LogP contribution in [0.1, 0.15) is 11.1 Å². The standard InChI is InChI=1S/C14H13N3O6S/c1-9-2-4-11(7-12(9)17(20)21)24(22,23)16-15-8-10-3-5-13(18)14(19)6-10/h2-8,16,18-19H,1H3/b15-8+. The lowest BCUT2D eigenvalue weighted by atomic mass is 10.2. The smallest absolute Gasteiger partial charge is 0.276 e. The molecule has 0 aromatic heterocycles. The fraction of sp³-hybridized carbons (Fsp3) is 0.0714. The van der Waals surface area contributed by atoms with Gasteiger partial charge in [0.05, 0.1) is 16.0 Å². The maximum Gasteiger partial charge on any atom is 0.276 e. The number of benzene rings is 2. The summed E-state index contributed by atoms with van der Waals surface area (Å²) in [6.07, 6.45) is 1.11. The Labute approximate surface area is 137 Å². The molecule has 0 fully saturated rings. The third-order valence-electron chi connectivity index (χ3n) is 3.07. The van der Waals surface area contributed by atoms with E-state index in [1.54, 1.807) is 0 Å². The average molecular weight is 351 g/mol. The fourth-order valence-electron chi connectivity index (χ4n) is 1.80. The number of nitrogens with one attached hydrogen (secondary N) is 1. The Morgan fingerprint density at radius 3 is 2.50 bits per heavy atom. The van der Waals surface area contributed by atoms with Crippen molar-refractivity contribution >= 4 is 21.9 Å². The lowest BCUT2D eigenvalue weighted by molar-refractivity contribution is -0.385. The Kier molecular flexibility index (Phi) is 4.69. The first-order valence-corrected chi connectivity index (χ1v) is 8.01. The number of sulfonamides is 1. The number of aryl methyl sites for hydroxylation is 1. The highest BCUT2D eigenvalue weighted by atomic mass is 32.2. The number of rotatable bonds is 5. The molecule has 0 radical (unpaired) electrons. The molecule has 126 valence electrons. The van der Waals surface area contributed by atoms with E-state index in [1.165, 1.54) is 37.3 Å². The van der Waals surface area contributed by atoms with Crippen LogP contribution in [0, 0.1) is 17.0 Å². The topological polar surface area (TPSA) is 142 Å². The van der Waals surface area contributed by atoms with Crippen molar-refractivity contribution in [2.45, 2.75) is 11.8 Å². The number of nitro benzene ring substituents is 1. The van der Waals surface area contributed by atoms with Crippen LogP contribution in [0.15, 0.2) is 46.4 Å². The molecule has 0 amide bonds. The molecule has 0 saturated heterocycles. The van der Waals surface area contributed by atoms with Gasteiger partial charge < -0.3 is 10.2 Å². The fourth-order valence-corrected chi connectivity index (χ4v) is 2.61. The summed E-state index contributed by atoms with van der Waals surface area (Å²) in [5.74, 6) is -0.698. The van der Waals surface area contributed by atoms with E-state index in [2.05, 4.69) is 5.10 Å². The van der Waals surface area contributed by atoms with Gasteiger partial charge >= 0.3 is 0 Å². The Morgan fingerprint density at radius 2 is 1.88 bits per heavy atom. The molecule has 0 unspecified atom stereocenters. The summed E-state index contributed by atoms with van der Waals surface area (Å²) < 4.78 is 24.2. The lowest BCUT2D eigenvalue weighted by Crippen LogP contribution is -2.18. The largest absolute Gasteiger partial charge is 0.504 e. The first-order valence-electron chi connectivity index (χ1n) is 6.52. The zero-order valence-electron chi connectivity index (χ0n) is 12.4. The van der Waals surface area contributed by atoms with Gasteiger partial charge in [0.2, 0.25) is 0 Å². The molecule has 0 saturated carbocycles. The van der Waals surface area contributed by atoms with Crippen molar-refractivity contribution in [2.24, 2.45) is 5.10 Å². The molecule has 2 aromatic carbocycles. The van der Waals surface area contributed by atoms with Crippen LogP contribution in [-0.2, 0) is 10.0 Å². The normalized spacial score (nSPS) is 11.5. The van der Waals surface area contributed by atoms with Crippen LogP contribution in [-0.4, -0.2) is 29.8 Å². The molecule has 0 heterocycles. The van der Waals surface area contributed by atoms with Crippen LogP contribution in [0.3, 0.4) is 0 Å². The lowest BCUT2D eigenvalue weighted by Gasteiger charge is -2.04. The summed E-state index contributed by atoms with van der Waals surface area (Å²) in [4.78, 5) is 11.8. The number of nitro groups is 1.